The van der Waals surface area contributed by atoms with Crippen LogP contribution in [0.5, 0.6) is 0 Å². The molecular formula is C23H28N4O. The van der Waals surface area contributed by atoms with Crippen LogP contribution in [0.2, 0.25) is 0 Å². The first-order valence-electron chi connectivity index (χ1n) is 10.2. The molecule has 2 aliphatic rings. The van der Waals surface area contributed by atoms with Crippen molar-refractivity contribution < 1.29 is 4.79 Å². The maximum absolute atomic E-state index is 12.0. The van der Waals surface area contributed by atoms with Crippen molar-refractivity contribution in [2.24, 2.45) is 4.99 Å². The van der Waals surface area contributed by atoms with Gasteiger partial charge in [-0.15, -0.1) is 0 Å². The minimum atomic E-state index is 0.264. The van der Waals surface area contributed by atoms with Crippen LogP contribution in [0.3, 0.4) is 0 Å². The summed E-state index contributed by atoms with van der Waals surface area (Å²) in [6.45, 7) is 6.05. The van der Waals surface area contributed by atoms with Gasteiger partial charge in [0.05, 0.1) is 6.54 Å². The van der Waals surface area contributed by atoms with Crippen LogP contribution < -0.4 is 10.2 Å². The van der Waals surface area contributed by atoms with Crippen LogP contribution in [0.1, 0.15) is 36.5 Å². The zero-order valence-electron chi connectivity index (χ0n) is 16.5. The molecule has 0 unspecified atom stereocenters. The van der Waals surface area contributed by atoms with E-state index in [-0.39, 0.29) is 5.91 Å². The average molecular weight is 377 g/mol. The van der Waals surface area contributed by atoms with Crippen LogP contribution in [-0.2, 0) is 24.3 Å². The van der Waals surface area contributed by atoms with Crippen molar-refractivity contribution in [2.45, 2.75) is 39.3 Å². The smallest absolute Gasteiger partial charge is 0.222 e. The molecule has 5 heteroatoms. The Morgan fingerprint density at radius 3 is 2.61 bits per heavy atom. The van der Waals surface area contributed by atoms with Crippen molar-refractivity contribution in [3.8, 4) is 0 Å². The maximum Gasteiger partial charge on any atom is 0.222 e. The number of nitrogens with one attached hydrogen (secondary N) is 1. The Balaban J connectivity index is 1.54. The number of guanidine groups is 1. The van der Waals surface area contributed by atoms with Crippen LogP contribution >= 0.6 is 0 Å². The predicted molar refractivity (Wildman–Crippen MR) is 113 cm³/mol. The summed E-state index contributed by atoms with van der Waals surface area (Å²) < 4.78 is 0. The van der Waals surface area contributed by atoms with Crippen molar-refractivity contribution in [1.29, 1.82) is 0 Å². The molecule has 5 nitrogen and oxygen atoms in total. The normalized spacial score (nSPS) is 16.6. The second-order valence-electron chi connectivity index (χ2n) is 7.39. The quantitative estimate of drug-likeness (QED) is 0.643. The number of carbonyl (C=O) groups excluding carboxylic acids is 1. The molecule has 28 heavy (non-hydrogen) atoms. The lowest BCUT2D eigenvalue weighted by Crippen LogP contribution is -2.40. The summed E-state index contributed by atoms with van der Waals surface area (Å²) in [5.74, 6) is 1.19. The standard InChI is InChI=1S/C23H28N4O/c1-2-24-23(27-15-13-18-8-5-6-11-21(18)27)25-16-19-9-3-4-10-20(19)17-26-14-7-12-22(26)28/h3-6,8-11H,2,7,12-17H2,1H3,(H,24,25). The fourth-order valence-corrected chi connectivity index (χ4v) is 4.06. The number of carbonyl (C=O) groups is 1. The number of aliphatic imine (C=N–C) groups is 1. The summed E-state index contributed by atoms with van der Waals surface area (Å²) in [6.07, 6.45) is 2.70. The molecule has 0 aromatic heterocycles. The number of para-hydroxylation sites is 1. The summed E-state index contributed by atoms with van der Waals surface area (Å²) in [5.41, 5.74) is 5.00. The number of anilines is 1. The lowest BCUT2D eigenvalue weighted by atomic mass is 10.1. The Hall–Kier alpha value is -2.82. The molecule has 0 saturated carbocycles. The highest BCUT2D eigenvalue weighted by molar-refractivity contribution is 5.98. The highest BCUT2D eigenvalue weighted by atomic mass is 16.2. The first kappa shape index (κ1) is 18.5. The van der Waals surface area contributed by atoms with Gasteiger partial charge >= 0.3 is 0 Å². The minimum Gasteiger partial charge on any atom is -0.356 e. The predicted octanol–water partition coefficient (Wildman–Crippen LogP) is 3.34. The van der Waals surface area contributed by atoms with Gasteiger partial charge in [0.15, 0.2) is 5.96 Å². The highest BCUT2D eigenvalue weighted by Crippen LogP contribution is 2.27. The van der Waals surface area contributed by atoms with Gasteiger partial charge in [0, 0.05) is 38.3 Å². The molecule has 2 heterocycles. The first-order valence-corrected chi connectivity index (χ1v) is 10.2. The molecule has 0 radical (unpaired) electrons. The number of benzene rings is 2. The van der Waals surface area contributed by atoms with Gasteiger partial charge in [0.2, 0.25) is 5.91 Å². The monoisotopic (exact) mass is 376 g/mol. The van der Waals surface area contributed by atoms with Crippen molar-refractivity contribution in [2.75, 3.05) is 24.5 Å². The van der Waals surface area contributed by atoms with Gasteiger partial charge in [0.25, 0.3) is 0 Å². The third-order valence-corrected chi connectivity index (χ3v) is 5.53. The lowest BCUT2D eigenvalue weighted by molar-refractivity contribution is -0.128. The molecule has 2 aromatic rings. The SMILES string of the molecule is CCNC(=NCc1ccccc1CN1CCCC1=O)N1CCc2ccccc21. The van der Waals surface area contributed by atoms with E-state index in [0.29, 0.717) is 19.5 Å². The van der Waals surface area contributed by atoms with E-state index in [2.05, 4.69) is 59.6 Å². The van der Waals surface area contributed by atoms with Crippen LogP contribution in [0.15, 0.2) is 53.5 Å². The summed E-state index contributed by atoms with van der Waals surface area (Å²) in [7, 11) is 0. The summed E-state index contributed by atoms with van der Waals surface area (Å²) in [4.78, 5) is 21.2. The zero-order chi connectivity index (χ0) is 19.3. The van der Waals surface area contributed by atoms with Gasteiger partial charge in [-0.1, -0.05) is 42.5 Å². The second-order valence-corrected chi connectivity index (χ2v) is 7.39. The molecule has 1 amide bonds. The molecule has 0 spiro atoms. The molecular weight excluding hydrogens is 348 g/mol. The molecule has 0 atom stereocenters. The van der Waals surface area contributed by atoms with Crippen LogP contribution in [0.25, 0.3) is 0 Å². The van der Waals surface area contributed by atoms with E-state index in [1.807, 2.05) is 11.0 Å². The molecule has 1 fully saturated rings. The molecule has 0 bridgehead atoms. The molecule has 2 aliphatic heterocycles. The summed E-state index contributed by atoms with van der Waals surface area (Å²) in [6, 6.07) is 16.9. The van der Waals surface area contributed by atoms with Crippen molar-refractivity contribution in [3.63, 3.8) is 0 Å². The molecule has 2 aromatic carbocycles. The number of hydrogen-bond acceptors (Lipinski definition) is 2. The number of hydrogen-bond donors (Lipinski definition) is 1. The van der Waals surface area contributed by atoms with Gasteiger partial charge in [-0.3, -0.25) is 4.79 Å². The molecule has 1 saturated heterocycles. The number of fused-ring (bicyclic) bond motifs is 1. The fourth-order valence-electron chi connectivity index (χ4n) is 4.06. The van der Waals surface area contributed by atoms with E-state index in [1.54, 1.807) is 0 Å². The van der Waals surface area contributed by atoms with E-state index in [4.69, 9.17) is 4.99 Å². The number of nitrogens with zero attached hydrogens (tertiary/aromatic N) is 3. The Labute approximate surface area is 167 Å². The van der Waals surface area contributed by atoms with Crippen LogP contribution in [0.4, 0.5) is 5.69 Å². The number of likely N-dealkylation sites (tertiary alicyclic amines) is 1. The maximum atomic E-state index is 12.0. The van der Waals surface area contributed by atoms with Crippen molar-refractivity contribution in [3.05, 3.63) is 65.2 Å². The van der Waals surface area contributed by atoms with Crippen molar-refractivity contribution >= 4 is 17.6 Å². The highest BCUT2D eigenvalue weighted by Gasteiger charge is 2.23. The second kappa shape index (κ2) is 8.46. The lowest BCUT2D eigenvalue weighted by Gasteiger charge is -2.23. The number of rotatable bonds is 5. The van der Waals surface area contributed by atoms with E-state index < -0.39 is 0 Å². The first-order chi connectivity index (χ1) is 13.8. The van der Waals surface area contributed by atoms with Gasteiger partial charge in [-0.25, -0.2) is 4.99 Å². The van der Waals surface area contributed by atoms with Gasteiger partial charge in [-0.2, -0.15) is 0 Å². The minimum absolute atomic E-state index is 0.264. The molecule has 146 valence electrons. The van der Waals surface area contributed by atoms with Crippen LogP contribution in [0, 0.1) is 0 Å². The topological polar surface area (TPSA) is 47.9 Å². The Morgan fingerprint density at radius 1 is 1.04 bits per heavy atom. The van der Waals surface area contributed by atoms with E-state index in [1.165, 1.54) is 22.4 Å². The fraction of sp³-hybridized carbons (Fsp3) is 0.391. The van der Waals surface area contributed by atoms with E-state index >= 15 is 0 Å². The van der Waals surface area contributed by atoms with E-state index in [0.717, 1.165) is 38.4 Å². The van der Waals surface area contributed by atoms with Crippen molar-refractivity contribution in [1.82, 2.24) is 10.2 Å². The van der Waals surface area contributed by atoms with Gasteiger partial charge in [0.1, 0.15) is 0 Å². The van der Waals surface area contributed by atoms with E-state index in [9.17, 15) is 4.79 Å². The average Bonchev–Trinajstić information content (AvgIpc) is 3.32. The summed E-state index contributed by atoms with van der Waals surface area (Å²) in [5, 5.41) is 3.45. The Bertz CT molecular complexity index is 876. The Kier molecular flexibility index (Phi) is 5.60. The Morgan fingerprint density at radius 2 is 1.82 bits per heavy atom. The number of amides is 1. The molecule has 1 N–H and O–H groups in total. The molecule has 4 rings (SSSR count). The zero-order valence-corrected chi connectivity index (χ0v) is 16.5. The third kappa shape index (κ3) is 3.88. The van der Waals surface area contributed by atoms with Gasteiger partial charge in [-0.05, 0) is 42.5 Å². The van der Waals surface area contributed by atoms with Crippen LogP contribution in [-0.4, -0.2) is 36.4 Å². The molecule has 0 aliphatic carbocycles. The van der Waals surface area contributed by atoms with Gasteiger partial charge < -0.3 is 15.1 Å². The third-order valence-electron chi connectivity index (χ3n) is 5.53. The summed E-state index contributed by atoms with van der Waals surface area (Å²) >= 11 is 0. The largest absolute Gasteiger partial charge is 0.356 e.